The molecule has 0 saturated carbocycles. The lowest BCUT2D eigenvalue weighted by Crippen LogP contribution is -2.33. The second-order valence-electron chi connectivity index (χ2n) is 6.48. The molecular formula is C17H29NO. The molecule has 1 aromatic carbocycles. The van der Waals surface area contributed by atoms with Crippen molar-refractivity contribution in [1.82, 2.24) is 0 Å². The lowest BCUT2D eigenvalue weighted by Gasteiger charge is -2.32. The van der Waals surface area contributed by atoms with Crippen molar-refractivity contribution in [1.29, 1.82) is 0 Å². The second kappa shape index (κ2) is 6.42. The van der Waals surface area contributed by atoms with Crippen molar-refractivity contribution >= 4 is 0 Å². The molecule has 0 amide bonds. The molecule has 108 valence electrons. The summed E-state index contributed by atoms with van der Waals surface area (Å²) in [5, 5.41) is 0. The van der Waals surface area contributed by atoms with Crippen molar-refractivity contribution in [2.24, 2.45) is 11.7 Å². The van der Waals surface area contributed by atoms with Gasteiger partial charge in [0.05, 0.1) is 7.11 Å². The molecule has 1 unspecified atom stereocenters. The van der Waals surface area contributed by atoms with Crippen molar-refractivity contribution in [3.8, 4) is 5.75 Å². The van der Waals surface area contributed by atoms with Crippen molar-refractivity contribution < 1.29 is 4.74 Å². The molecular weight excluding hydrogens is 234 g/mol. The normalized spacial score (nSPS) is 14.8. The number of benzene rings is 1. The van der Waals surface area contributed by atoms with Gasteiger partial charge in [-0.1, -0.05) is 46.8 Å². The molecule has 2 nitrogen and oxygen atoms in total. The Labute approximate surface area is 118 Å². The molecule has 0 heterocycles. The van der Waals surface area contributed by atoms with Crippen LogP contribution in [0.15, 0.2) is 18.2 Å². The number of ether oxygens (including phenoxy) is 1. The van der Waals surface area contributed by atoms with Gasteiger partial charge in [0, 0.05) is 17.5 Å². The molecule has 1 rings (SSSR count). The second-order valence-corrected chi connectivity index (χ2v) is 6.48. The van der Waals surface area contributed by atoms with Crippen LogP contribution in [0.25, 0.3) is 0 Å². The zero-order valence-corrected chi connectivity index (χ0v) is 13.3. The Balaban J connectivity index is 3.24. The Kier molecular flexibility index (Phi) is 5.42. The first-order valence-electron chi connectivity index (χ1n) is 7.22. The standard InChI is InChI=1S/C17H29NO/c1-12(2)10-17(5,11-18)15-8-7-14(13(3)4)9-16(15)19-6/h7-9,12-13H,10-11,18H2,1-6H3. The molecule has 0 aliphatic carbocycles. The van der Waals surface area contributed by atoms with E-state index in [1.807, 2.05) is 0 Å². The molecule has 0 saturated heterocycles. The van der Waals surface area contributed by atoms with E-state index in [9.17, 15) is 0 Å². The van der Waals surface area contributed by atoms with Gasteiger partial charge in [0.1, 0.15) is 5.75 Å². The van der Waals surface area contributed by atoms with Crippen LogP contribution < -0.4 is 10.5 Å². The topological polar surface area (TPSA) is 35.2 Å². The van der Waals surface area contributed by atoms with E-state index in [2.05, 4.69) is 52.8 Å². The zero-order valence-electron chi connectivity index (χ0n) is 13.3. The van der Waals surface area contributed by atoms with Crippen molar-refractivity contribution in [2.45, 2.75) is 52.4 Å². The van der Waals surface area contributed by atoms with Gasteiger partial charge in [0.25, 0.3) is 0 Å². The third kappa shape index (κ3) is 3.73. The third-order valence-corrected chi connectivity index (χ3v) is 3.85. The number of hydrogen-bond donors (Lipinski definition) is 1. The van der Waals surface area contributed by atoms with Crippen LogP contribution in [0.3, 0.4) is 0 Å². The summed E-state index contributed by atoms with van der Waals surface area (Å²) in [4.78, 5) is 0. The van der Waals surface area contributed by atoms with Gasteiger partial charge in [-0.2, -0.15) is 0 Å². The van der Waals surface area contributed by atoms with E-state index in [0.29, 0.717) is 18.4 Å². The molecule has 19 heavy (non-hydrogen) atoms. The van der Waals surface area contributed by atoms with Crippen molar-refractivity contribution in [3.63, 3.8) is 0 Å². The summed E-state index contributed by atoms with van der Waals surface area (Å²) in [5.74, 6) is 2.10. The van der Waals surface area contributed by atoms with E-state index in [-0.39, 0.29) is 5.41 Å². The van der Waals surface area contributed by atoms with Crippen LogP contribution in [-0.4, -0.2) is 13.7 Å². The average molecular weight is 263 g/mol. The van der Waals surface area contributed by atoms with Gasteiger partial charge in [0.2, 0.25) is 0 Å². The van der Waals surface area contributed by atoms with E-state index in [1.165, 1.54) is 11.1 Å². The smallest absolute Gasteiger partial charge is 0.122 e. The summed E-state index contributed by atoms with van der Waals surface area (Å²) in [6.07, 6.45) is 1.07. The quantitative estimate of drug-likeness (QED) is 0.839. The van der Waals surface area contributed by atoms with Gasteiger partial charge >= 0.3 is 0 Å². The Bertz CT molecular complexity index is 412. The Morgan fingerprint density at radius 1 is 1.21 bits per heavy atom. The van der Waals surface area contributed by atoms with E-state index in [1.54, 1.807) is 7.11 Å². The highest BCUT2D eigenvalue weighted by Gasteiger charge is 2.29. The lowest BCUT2D eigenvalue weighted by molar-refractivity contribution is 0.347. The van der Waals surface area contributed by atoms with Crippen molar-refractivity contribution in [2.75, 3.05) is 13.7 Å². The Morgan fingerprint density at radius 3 is 2.26 bits per heavy atom. The van der Waals surface area contributed by atoms with Gasteiger partial charge < -0.3 is 10.5 Å². The number of nitrogens with two attached hydrogens (primary N) is 1. The van der Waals surface area contributed by atoms with Crippen LogP contribution >= 0.6 is 0 Å². The van der Waals surface area contributed by atoms with E-state index in [0.717, 1.165) is 12.2 Å². The first-order chi connectivity index (χ1) is 8.84. The summed E-state index contributed by atoms with van der Waals surface area (Å²) < 4.78 is 5.61. The summed E-state index contributed by atoms with van der Waals surface area (Å²) in [5.41, 5.74) is 8.58. The van der Waals surface area contributed by atoms with Crippen LogP contribution in [-0.2, 0) is 5.41 Å². The fraction of sp³-hybridized carbons (Fsp3) is 0.647. The molecule has 0 aliphatic rings. The number of methoxy groups -OCH3 is 1. The van der Waals surface area contributed by atoms with Gasteiger partial charge in [-0.05, 0) is 29.9 Å². The van der Waals surface area contributed by atoms with Crippen LogP contribution in [0, 0.1) is 5.92 Å². The lowest BCUT2D eigenvalue weighted by atomic mass is 9.75. The van der Waals surface area contributed by atoms with E-state index >= 15 is 0 Å². The first-order valence-corrected chi connectivity index (χ1v) is 7.22. The molecule has 0 fully saturated rings. The minimum atomic E-state index is -0.0188. The molecule has 2 N–H and O–H groups in total. The van der Waals surface area contributed by atoms with Crippen LogP contribution in [0.5, 0.6) is 5.75 Å². The summed E-state index contributed by atoms with van der Waals surface area (Å²) in [6.45, 7) is 11.8. The predicted octanol–water partition coefficient (Wildman–Crippen LogP) is 4.08. The van der Waals surface area contributed by atoms with Crippen LogP contribution in [0.4, 0.5) is 0 Å². The Hall–Kier alpha value is -1.02. The van der Waals surface area contributed by atoms with Gasteiger partial charge in [0.15, 0.2) is 0 Å². The maximum atomic E-state index is 6.05. The molecule has 1 aromatic rings. The minimum Gasteiger partial charge on any atom is -0.496 e. The summed E-state index contributed by atoms with van der Waals surface area (Å²) >= 11 is 0. The SMILES string of the molecule is COc1cc(C(C)C)ccc1C(C)(CN)CC(C)C. The average Bonchev–Trinajstić information content (AvgIpc) is 2.36. The van der Waals surface area contributed by atoms with Crippen molar-refractivity contribution in [3.05, 3.63) is 29.3 Å². The van der Waals surface area contributed by atoms with Crippen LogP contribution in [0.1, 0.15) is 58.1 Å². The summed E-state index contributed by atoms with van der Waals surface area (Å²) in [6, 6.07) is 6.56. The predicted molar refractivity (Wildman–Crippen MR) is 82.9 cm³/mol. The third-order valence-electron chi connectivity index (χ3n) is 3.85. The highest BCUT2D eigenvalue weighted by atomic mass is 16.5. The molecule has 0 bridgehead atoms. The van der Waals surface area contributed by atoms with Gasteiger partial charge in [-0.15, -0.1) is 0 Å². The van der Waals surface area contributed by atoms with Gasteiger partial charge in [-0.3, -0.25) is 0 Å². The maximum absolute atomic E-state index is 6.05. The minimum absolute atomic E-state index is 0.0188. The number of hydrogen-bond acceptors (Lipinski definition) is 2. The monoisotopic (exact) mass is 263 g/mol. The molecule has 2 heteroatoms. The zero-order chi connectivity index (χ0) is 14.6. The maximum Gasteiger partial charge on any atom is 0.122 e. The van der Waals surface area contributed by atoms with Crippen LogP contribution in [0.2, 0.25) is 0 Å². The highest BCUT2D eigenvalue weighted by Crippen LogP contribution is 2.37. The molecule has 1 atom stereocenters. The summed E-state index contributed by atoms with van der Waals surface area (Å²) in [7, 11) is 1.75. The first kappa shape index (κ1) is 16.0. The molecule has 0 spiro atoms. The fourth-order valence-corrected chi connectivity index (χ4v) is 2.77. The fourth-order valence-electron chi connectivity index (χ4n) is 2.77. The highest BCUT2D eigenvalue weighted by molar-refractivity contribution is 5.43. The van der Waals surface area contributed by atoms with E-state index in [4.69, 9.17) is 10.5 Å². The largest absolute Gasteiger partial charge is 0.496 e. The van der Waals surface area contributed by atoms with Gasteiger partial charge in [-0.25, -0.2) is 0 Å². The molecule has 0 aliphatic heterocycles. The molecule has 0 aromatic heterocycles. The Morgan fingerprint density at radius 2 is 1.84 bits per heavy atom. The molecule has 0 radical (unpaired) electrons. The van der Waals surface area contributed by atoms with E-state index < -0.39 is 0 Å². The number of rotatable bonds is 6.